The molecule has 1 aromatic rings. The summed E-state index contributed by atoms with van der Waals surface area (Å²) in [5.41, 5.74) is 7.51. The van der Waals surface area contributed by atoms with Gasteiger partial charge in [-0.25, -0.2) is 0 Å². The molecule has 0 aliphatic carbocycles. The molecule has 3 nitrogen and oxygen atoms in total. The number of nitrogen functional groups attached to an aromatic ring is 1. The SMILES string of the molecule is COC(=O)CSC(C)c1ccc(N)cc1. The number of hydrogen-bond donors (Lipinski definition) is 1. The second-order valence-electron chi connectivity index (χ2n) is 3.20. The van der Waals surface area contributed by atoms with Crippen LogP contribution in [-0.2, 0) is 9.53 Å². The zero-order chi connectivity index (χ0) is 11.3. The summed E-state index contributed by atoms with van der Waals surface area (Å²) in [5, 5.41) is 0.268. The first-order valence-corrected chi connectivity index (χ1v) is 5.72. The Morgan fingerprint density at radius 2 is 2.07 bits per heavy atom. The van der Waals surface area contributed by atoms with Crippen LogP contribution in [0.4, 0.5) is 5.69 Å². The van der Waals surface area contributed by atoms with Crippen molar-refractivity contribution in [1.29, 1.82) is 0 Å². The van der Waals surface area contributed by atoms with E-state index in [1.165, 1.54) is 7.11 Å². The molecule has 4 heteroatoms. The number of thioether (sulfide) groups is 1. The van der Waals surface area contributed by atoms with Crippen molar-refractivity contribution in [1.82, 2.24) is 0 Å². The van der Waals surface area contributed by atoms with Gasteiger partial charge in [0.15, 0.2) is 0 Å². The van der Waals surface area contributed by atoms with Crippen molar-refractivity contribution in [3.63, 3.8) is 0 Å². The Morgan fingerprint density at radius 1 is 1.47 bits per heavy atom. The fourth-order valence-corrected chi connectivity index (χ4v) is 1.97. The van der Waals surface area contributed by atoms with Crippen LogP contribution in [0.3, 0.4) is 0 Å². The van der Waals surface area contributed by atoms with Crippen LogP contribution in [0.15, 0.2) is 24.3 Å². The Balaban J connectivity index is 2.50. The van der Waals surface area contributed by atoms with E-state index in [1.54, 1.807) is 11.8 Å². The zero-order valence-corrected chi connectivity index (χ0v) is 9.71. The van der Waals surface area contributed by atoms with E-state index in [2.05, 4.69) is 11.7 Å². The number of anilines is 1. The number of nitrogens with two attached hydrogens (primary N) is 1. The summed E-state index contributed by atoms with van der Waals surface area (Å²) >= 11 is 1.55. The quantitative estimate of drug-likeness (QED) is 0.630. The number of esters is 1. The van der Waals surface area contributed by atoms with Crippen LogP contribution in [-0.4, -0.2) is 18.8 Å². The Hall–Kier alpha value is -1.16. The molecule has 0 heterocycles. The number of rotatable bonds is 4. The molecule has 0 aliphatic rings. The molecule has 0 fully saturated rings. The summed E-state index contributed by atoms with van der Waals surface area (Å²) in [7, 11) is 1.40. The third kappa shape index (κ3) is 3.83. The number of hydrogen-bond acceptors (Lipinski definition) is 4. The molecule has 82 valence electrons. The second-order valence-corrected chi connectivity index (χ2v) is 4.53. The van der Waals surface area contributed by atoms with Crippen LogP contribution in [0.2, 0.25) is 0 Å². The van der Waals surface area contributed by atoms with Gasteiger partial charge in [-0.3, -0.25) is 4.79 Å². The average Bonchev–Trinajstić information content (AvgIpc) is 2.26. The standard InChI is InChI=1S/C11H15NO2S/c1-8(15-7-11(13)14-2)9-3-5-10(12)6-4-9/h3-6,8H,7,12H2,1-2H3. The molecule has 1 rings (SSSR count). The highest BCUT2D eigenvalue weighted by Crippen LogP contribution is 2.28. The average molecular weight is 225 g/mol. The Labute approximate surface area is 94.0 Å². The molecule has 1 unspecified atom stereocenters. The van der Waals surface area contributed by atoms with E-state index in [9.17, 15) is 4.79 Å². The third-order valence-electron chi connectivity index (χ3n) is 2.08. The predicted molar refractivity (Wildman–Crippen MR) is 63.7 cm³/mol. The molecule has 0 aromatic heterocycles. The normalized spacial score (nSPS) is 12.1. The lowest BCUT2D eigenvalue weighted by molar-refractivity contribution is -0.137. The lowest BCUT2D eigenvalue weighted by Gasteiger charge is -2.10. The van der Waals surface area contributed by atoms with Gasteiger partial charge in [0.05, 0.1) is 12.9 Å². The fourth-order valence-electron chi connectivity index (χ4n) is 1.12. The molecular weight excluding hydrogens is 210 g/mol. The number of benzene rings is 1. The maximum absolute atomic E-state index is 10.9. The first-order chi connectivity index (χ1) is 7.13. The van der Waals surface area contributed by atoms with Gasteiger partial charge in [-0.1, -0.05) is 12.1 Å². The number of carbonyl (C=O) groups excluding carboxylic acids is 1. The van der Waals surface area contributed by atoms with Crippen LogP contribution >= 0.6 is 11.8 Å². The zero-order valence-electron chi connectivity index (χ0n) is 8.90. The Bertz CT molecular complexity index is 324. The highest BCUT2D eigenvalue weighted by atomic mass is 32.2. The van der Waals surface area contributed by atoms with Gasteiger partial charge in [0, 0.05) is 10.9 Å². The van der Waals surface area contributed by atoms with Crippen LogP contribution < -0.4 is 5.73 Å². The van der Waals surface area contributed by atoms with Crippen molar-refractivity contribution in [3.05, 3.63) is 29.8 Å². The maximum Gasteiger partial charge on any atom is 0.315 e. The molecule has 0 saturated carbocycles. The predicted octanol–water partition coefficient (Wildman–Crippen LogP) is 2.24. The second kappa shape index (κ2) is 5.66. The summed E-state index contributed by atoms with van der Waals surface area (Å²) in [6, 6.07) is 7.68. The van der Waals surface area contributed by atoms with E-state index in [0.29, 0.717) is 5.75 Å². The highest BCUT2D eigenvalue weighted by molar-refractivity contribution is 8.00. The van der Waals surface area contributed by atoms with Crippen LogP contribution in [0.25, 0.3) is 0 Å². The summed E-state index contributed by atoms with van der Waals surface area (Å²) < 4.78 is 4.58. The van der Waals surface area contributed by atoms with Gasteiger partial charge in [0.2, 0.25) is 0 Å². The van der Waals surface area contributed by atoms with Gasteiger partial charge < -0.3 is 10.5 Å². The van der Waals surface area contributed by atoms with E-state index in [4.69, 9.17) is 5.73 Å². The van der Waals surface area contributed by atoms with Crippen molar-refractivity contribution < 1.29 is 9.53 Å². The maximum atomic E-state index is 10.9. The van der Waals surface area contributed by atoms with E-state index in [1.807, 2.05) is 24.3 Å². The van der Waals surface area contributed by atoms with Crippen LogP contribution in [0.5, 0.6) is 0 Å². The van der Waals surface area contributed by atoms with Crippen LogP contribution in [0.1, 0.15) is 17.7 Å². The number of methoxy groups -OCH3 is 1. The molecule has 0 radical (unpaired) electrons. The summed E-state index contributed by atoms with van der Waals surface area (Å²) in [4.78, 5) is 10.9. The van der Waals surface area contributed by atoms with Crippen molar-refractivity contribution in [2.24, 2.45) is 0 Å². The highest BCUT2D eigenvalue weighted by Gasteiger charge is 2.08. The van der Waals surface area contributed by atoms with Crippen molar-refractivity contribution >= 4 is 23.4 Å². The molecule has 0 bridgehead atoms. The van der Waals surface area contributed by atoms with Crippen molar-refractivity contribution in [3.8, 4) is 0 Å². The van der Waals surface area contributed by atoms with Gasteiger partial charge in [0.25, 0.3) is 0 Å². The summed E-state index contributed by atoms with van der Waals surface area (Å²) in [6.07, 6.45) is 0. The van der Waals surface area contributed by atoms with E-state index in [0.717, 1.165) is 11.3 Å². The fraction of sp³-hybridized carbons (Fsp3) is 0.364. The molecule has 0 aliphatic heterocycles. The first-order valence-electron chi connectivity index (χ1n) is 4.67. The Morgan fingerprint density at radius 3 is 2.60 bits per heavy atom. The monoisotopic (exact) mass is 225 g/mol. The van der Waals surface area contributed by atoms with Crippen molar-refractivity contribution in [2.45, 2.75) is 12.2 Å². The van der Waals surface area contributed by atoms with Gasteiger partial charge in [-0.2, -0.15) is 0 Å². The van der Waals surface area contributed by atoms with Gasteiger partial charge in [0.1, 0.15) is 0 Å². The molecule has 0 amide bonds. The van der Waals surface area contributed by atoms with Crippen LogP contribution in [0, 0.1) is 0 Å². The molecule has 1 aromatic carbocycles. The topological polar surface area (TPSA) is 52.3 Å². The minimum Gasteiger partial charge on any atom is -0.468 e. The van der Waals surface area contributed by atoms with Gasteiger partial charge in [-0.15, -0.1) is 11.8 Å². The minimum atomic E-state index is -0.192. The summed E-state index contributed by atoms with van der Waals surface area (Å²) in [6.45, 7) is 2.05. The molecule has 15 heavy (non-hydrogen) atoms. The molecule has 2 N–H and O–H groups in total. The molecule has 1 atom stereocenters. The van der Waals surface area contributed by atoms with E-state index in [-0.39, 0.29) is 11.2 Å². The number of carbonyl (C=O) groups is 1. The Kier molecular flexibility index (Phi) is 4.49. The lowest BCUT2D eigenvalue weighted by atomic mass is 10.1. The molecular formula is C11H15NO2S. The molecule has 0 spiro atoms. The van der Waals surface area contributed by atoms with Crippen molar-refractivity contribution in [2.75, 3.05) is 18.6 Å². The van der Waals surface area contributed by atoms with Gasteiger partial charge >= 0.3 is 5.97 Å². The first kappa shape index (κ1) is 11.9. The van der Waals surface area contributed by atoms with Gasteiger partial charge in [-0.05, 0) is 24.6 Å². The smallest absolute Gasteiger partial charge is 0.315 e. The largest absolute Gasteiger partial charge is 0.468 e. The third-order valence-corrected chi connectivity index (χ3v) is 3.26. The molecule has 0 saturated heterocycles. The minimum absolute atomic E-state index is 0.192. The lowest BCUT2D eigenvalue weighted by Crippen LogP contribution is -2.04. The number of ether oxygens (including phenoxy) is 1. The van der Waals surface area contributed by atoms with E-state index < -0.39 is 0 Å². The summed E-state index contributed by atoms with van der Waals surface area (Å²) in [5.74, 6) is 0.185. The van der Waals surface area contributed by atoms with E-state index >= 15 is 0 Å².